The Morgan fingerprint density at radius 1 is 0.895 bits per heavy atom. The van der Waals surface area contributed by atoms with Crippen LogP contribution in [0.1, 0.15) is 62.5 Å². The smallest absolute Gasteiger partial charge is 0.246 e. The van der Waals surface area contributed by atoms with E-state index >= 15 is 0 Å². The normalized spacial score (nSPS) is 22.8. The van der Waals surface area contributed by atoms with Crippen LogP contribution in [0.2, 0.25) is 0 Å². The number of hydrogen-bond acceptors (Lipinski definition) is 3. The molecular weight excluding hydrogens is 472 g/mol. The van der Waals surface area contributed by atoms with Crippen LogP contribution in [-0.4, -0.2) is 50.9 Å². The van der Waals surface area contributed by atoms with Crippen molar-refractivity contribution >= 4 is 22.7 Å². The number of carbonyl (C=O) groups excluding carboxylic acids is 2. The summed E-state index contributed by atoms with van der Waals surface area (Å²) in [6.45, 7) is 2.94. The Labute approximate surface area is 226 Å². The van der Waals surface area contributed by atoms with Gasteiger partial charge in [0, 0.05) is 50.3 Å². The fraction of sp³-hybridized carbons (Fsp3) is 0.500. The molecular formula is C32H40N4O2. The van der Waals surface area contributed by atoms with Crippen molar-refractivity contribution in [3.63, 3.8) is 0 Å². The Hall–Kier alpha value is -3.12. The molecule has 3 aliphatic rings. The topological polar surface area (TPSA) is 57.6 Å². The van der Waals surface area contributed by atoms with Crippen LogP contribution >= 0.6 is 0 Å². The maximum absolute atomic E-state index is 14.0. The summed E-state index contributed by atoms with van der Waals surface area (Å²) in [5.41, 5.74) is 2.87. The molecule has 200 valence electrons. The Balaban J connectivity index is 1.21. The standard InChI is InChI=1S/C32H40N4O2/c1-34-22-26(27-14-8-9-15-29(27)34)23-35-18-16-32(17-19-35)31(38)33-28(20-24-10-4-2-5-11-24)30(37)36(32)21-25-12-6-3-7-13-25/h3,6-9,12-15,22,24,28H,2,4-5,10-11,16-21,23H2,1H3,(H,33,38). The molecule has 1 spiro atoms. The highest BCUT2D eigenvalue weighted by atomic mass is 16.2. The zero-order valence-electron chi connectivity index (χ0n) is 22.6. The molecule has 1 aromatic heterocycles. The number of piperazine rings is 1. The lowest BCUT2D eigenvalue weighted by atomic mass is 9.79. The molecule has 2 saturated heterocycles. The summed E-state index contributed by atoms with van der Waals surface area (Å²) in [7, 11) is 2.10. The molecule has 38 heavy (non-hydrogen) atoms. The molecule has 3 heterocycles. The third kappa shape index (κ3) is 4.75. The van der Waals surface area contributed by atoms with Gasteiger partial charge in [-0.3, -0.25) is 14.5 Å². The van der Waals surface area contributed by atoms with E-state index in [2.05, 4.69) is 64.4 Å². The van der Waals surface area contributed by atoms with Gasteiger partial charge >= 0.3 is 0 Å². The number of rotatable bonds is 6. The highest BCUT2D eigenvalue weighted by Gasteiger charge is 2.53. The predicted octanol–water partition coefficient (Wildman–Crippen LogP) is 5.01. The first-order valence-electron chi connectivity index (χ1n) is 14.5. The molecule has 6 nitrogen and oxygen atoms in total. The Morgan fingerprint density at radius 2 is 1.61 bits per heavy atom. The molecule has 1 N–H and O–H groups in total. The lowest BCUT2D eigenvalue weighted by Gasteiger charge is -2.52. The number of fused-ring (bicyclic) bond motifs is 1. The Bertz CT molecular complexity index is 1290. The fourth-order valence-corrected chi connectivity index (χ4v) is 7.16. The number of aryl methyl sites for hydroxylation is 1. The van der Waals surface area contributed by atoms with Crippen LogP contribution in [0.15, 0.2) is 60.8 Å². The molecule has 2 aromatic carbocycles. The maximum Gasteiger partial charge on any atom is 0.246 e. The van der Waals surface area contributed by atoms with E-state index in [-0.39, 0.29) is 11.8 Å². The number of amides is 2. The van der Waals surface area contributed by atoms with Crippen molar-refractivity contribution in [2.75, 3.05) is 13.1 Å². The third-order valence-corrected chi connectivity index (χ3v) is 9.34. The first-order chi connectivity index (χ1) is 18.5. The second-order valence-corrected chi connectivity index (χ2v) is 11.8. The van der Waals surface area contributed by atoms with Gasteiger partial charge in [0.2, 0.25) is 11.8 Å². The van der Waals surface area contributed by atoms with E-state index in [9.17, 15) is 9.59 Å². The van der Waals surface area contributed by atoms with Crippen LogP contribution in [0.5, 0.6) is 0 Å². The molecule has 6 rings (SSSR count). The van der Waals surface area contributed by atoms with Gasteiger partial charge in [-0.1, -0.05) is 80.6 Å². The number of nitrogens with one attached hydrogen (secondary N) is 1. The molecule has 2 amide bonds. The fourth-order valence-electron chi connectivity index (χ4n) is 7.16. The third-order valence-electron chi connectivity index (χ3n) is 9.34. The van der Waals surface area contributed by atoms with Gasteiger partial charge in [-0.05, 0) is 42.4 Å². The minimum atomic E-state index is -0.773. The largest absolute Gasteiger partial charge is 0.350 e. The molecule has 3 fully saturated rings. The van der Waals surface area contributed by atoms with Gasteiger partial charge in [-0.25, -0.2) is 0 Å². The van der Waals surface area contributed by atoms with Crippen LogP contribution in [-0.2, 0) is 29.7 Å². The Kier molecular flexibility index (Phi) is 7.00. The molecule has 1 unspecified atom stereocenters. The number of aromatic nitrogens is 1. The van der Waals surface area contributed by atoms with Gasteiger partial charge in [0.05, 0.1) is 0 Å². The number of carbonyl (C=O) groups is 2. The number of hydrogen-bond donors (Lipinski definition) is 1. The van der Waals surface area contributed by atoms with E-state index in [0.717, 1.165) is 31.6 Å². The minimum Gasteiger partial charge on any atom is -0.350 e. The number of nitrogens with zero attached hydrogens (tertiary/aromatic N) is 3. The predicted molar refractivity (Wildman–Crippen MR) is 150 cm³/mol. The molecule has 1 saturated carbocycles. The second kappa shape index (κ2) is 10.6. The van der Waals surface area contributed by atoms with Gasteiger partial charge in [0.15, 0.2) is 0 Å². The molecule has 2 aliphatic heterocycles. The van der Waals surface area contributed by atoms with Gasteiger partial charge < -0.3 is 14.8 Å². The summed E-state index contributed by atoms with van der Waals surface area (Å²) < 4.78 is 2.19. The van der Waals surface area contributed by atoms with Gasteiger partial charge in [-0.15, -0.1) is 0 Å². The van der Waals surface area contributed by atoms with Gasteiger partial charge in [-0.2, -0.15) is 0 Å². The second-order valence-electron chi connectivity index (χ2n) is 11.8. The summed E-state index contributed by atoms with van der Waals surface area (Å²) in [6.07, 6.45) is 10.5. The number of para-hydroxylation sites is 1. The number of benzene rings is 2. The summed E-state index contributed by atoms with van der Waals surface area (Å²) >= 11 is 0. The summed E-state index contributed by atoms with van der Waals surface area (Å²) in [4.78, 5) is 32.3. The van der Waals surface area contributed by atoms with Crippen LogP contribution in [0.25, 0.3) is 10.9 Å². The number of piperidine rings is 1. The summed E-state index contributed by atoms with van der Waals surface area (Å²) in [6, 6.07) is 18.3. The zero-order valence-corrected chi connectivity index (χ0v) is 22.6. The van der Waals surface area contributed by atoms with Crippen LogP contribution in [0, 0.1) is 5.92 Å². The molecule has 6 heteroatoms. The van der Waals surface area contributed by atoms with Crippen molar-refractivity contribution in [1.29, 1.82) is 0 Å². The van der Waals surface area contributed by atoms with E-state index in [1.165, 1.54) is 48.6 Å². The van der Waals surface area contributed by atoms with Gasteiger partial charge in [0.25, 0.3) is 0 Å². The van der Waals surface area contributed by atoms with Crippen molar-refractivity contribution in [1.82, 2.24) is 19.7 Å². The van der Waals surface area contributed by atoms with Crippen molar-refractivity contribution in [3.05, 3.63) is 71.9 Å². The SMILES string of the molecule is Cn1cc(CN2CCC3(CC2)C(=O)NC(CC2CCCCC2)C(=O)N3Cc2ccccc2)c2ccccc21. The van der Waals surface area contributed by atoms with E-state index in [4.69, 9.17) is 0 Å². The summed E-state index contributed by atoms with van der Waals surface area (Å²) in [5.74, 6) is 0.702. The molecule has 0 radical (unpaired) electrons. The van der Waals surface area contributed by atoms with Gasteiger partial charge in [0.1, 0.15) is 11.6 Å². The first-order valence-corrected chi connectivity index (χ1v) is 14.5. The van der Waals surface area contributed by atoms with Crippen molar-refractivity contribution in [2.24, 2.45) is 13.0 Å². The lowest BCUT2D eigenvalue weighted by Crippen LogP contribution is -2.72. The molecule has 0 bridgehead atoms. The van der Waals surface area contributed by atoms with Crippen molar-refractivity contribution < 1.29 is 9.59 Å². The van der Waals surface area contributed by atoms with Crippen molar-refractivity contribution in [2.45, 2.75) is 76.0 Å². The minimum absolute atomic E-state index is 0.0543. The zero-order chi connectivity index (χ0) is 26.1. The van der Waals surface area contributed by atoms with Crippen LogP contribution in [0.4, 0.5) is 0 Å². The molecule has 3 aromatic rings. The Morgan fingerprint density at radius 3 is 2.37 bits per heavy atom. The van der Waals surface area contributed by atoms with E-state index in [1.807, 2.05) is 23.1 Å². The lowest BCUT2D eigenvalue weighted by molar-refractivity contribution is -0.163. The maximum atomic E-state index is 14.0. The van der Waals surface area contributed by atoms with E-state index in [0.29, 0.717) is 25.3 Å². The summed E-state index contributed by atoms with van der Waals surface area (Å²) in [5, 5.41) is 4.52. The monoisotopic (exact) mass is 512 g/mol. The molecule has 1 aliphatic carbocycles. The highest BCUT2D eigenvalue weighted by Crippen LogP contribution is 2.37. The van der Waals surface area contributed by atoms with Crippen molar-refractivity contribution in [3.8, 4) is 0 Å². The molecule has 1 atom stereocenters. The first kappa shape index (κ1) is 25.2. The average molecular weight is 513 g/mol. The van der Waals surface area contributed by atoms with E-state index < -0.39 is 11.6 Å². The average Bonchev–Trinajstić information content (AvgIpc) is 3.27. The van der Waals surface area contributed by atoms with Crippen LogP contribution < -0.4 is 5.32 Å². The quantitative estimate of drug-likeness (QED) is 0.505. The van der Waals surface area contributed by atoms with E-state index in [1.54, 1.807) is 0 Å². The van der Waals surface area contributed by atoms with Crippen LogP contribution in [0.3, 0.4) is 0 Å². The highest BCUT2D eigenvalue weighted by molar-refractivity contribution is 6.00. The number of likely N-dealkylation sites (tertiary alicyclic amines) is 1.